The van der Waals surface area contributed by atoms with E-state index in [-0.39, 0.29) is 18.9 Å². The minimum absolute atomic E-state index is 0.0977. The van der Waals surface area contributed by atoms with Crippen LogP contribution in [0.1, 0.15) is 98.8 Å². The van der Waals surface area contributed by atoms with Crippen molar-refractivity contribution in [1.29, 1.82) is 0 Å². The van der Waals surface area contributed by atoms with Crippen LogP contribution in [0.2, 0.25) is 0 Å². The van der Waals surface area contributed by atoms with E-state index in [2.05, 4.69) is 27.7 Å². The average Bonchev–Trinajstić information content (AvgIpc) is 2.81. The molecule has 0 rings (SSSR count). The highest BCUT2D eigenvalue weighted by atomic mass is 31.2. The third kappa shape index (κ3) is 14.3. The Morgan fingerprint density at radius 3 is 1.44 bits per heavy atom. The molecule has 0 aromatic rings. The van der Waals surface area contributed by atoms with Gasteiger partial charge < -0.3 is 15.3 Å². The first-order chi connectivity index (χ1) is 15.3. The Balaban J connectivity index is 5.09. The molecule has 0 aromatic heterocycles. The molecule has 32 heavy (non-hydrogen) atoms. The smallest absolute Gasteiger partial charge is 0.394 e. The number of aliphatic hydroxyl groups is 3. The zero-order valence-corrected chi connectivity index (χ0v) is 22.1. The van der Waals surface area contributed by atoms with Crippen molar-refractivity contribution in [2.45, 2.75) is 111 Å². The van der Waals surface area contributed by atoms with Gasteiger partial charge in [0.25, 0.3) is 0 Å². The molecule has 5 atom stereocenters. The molecule has 5 unspecified atom stereocenters. The topological polar surface area (TPSA) is 105 Å². The summed E-state index contributed by atoms with van der Waals surface area (Å²) < 4.78 is 30.8. The van der Waals surface area contributed by atoms with Gasteiger partial charge >= 0.3 is 7.82 Å². The van der Waals surface area contributed by atoms with E-state index in [4.69, 9.17) is 18.7 Å². The number of unbranched alkanes of at least 4 members (excludes halogenated alkanes) is 2. The largest absolute Gasteiger partial charge is 0.474 e. The molecule has 0 aliphatic rings. The molecule has 194 valence electrons. The first kappa shape index (κ1) is 32.0. The third-order valence-corrected chi connectivity index (χ3v) is 7.67. The van der Waals surface area contributed by atoms with Crippen molar-refractivity contribution in [3.8, 4) is 0 Å². The summed E-state index contributed by atoms with van der Waals surface area (Å²) in [6.45, 7) is 10.7. The lowest BCUT2D eigenvalue weighted by Crippen LogP contribution is -2.32. The third-order valence-electron chi connectivity index (χ3n) is 6.27. The second kappa shape index (κ2) is 19.3. The predicted molar refractivity (Wildman–Crippen MR) is 130 cm³/mol. The number of hydrogen-bond acceptors (Lipinski definition) is 7. The van der Waals surface area contributed by atoms with E-state index in [9.17, 15) is 14.8 Å². The number of hydrogen-bond donors (Lipinski definition) is 3. The molecule has 3 N–H and O–H groups in total. The van der Waals surface area contributed by atoms with Crippen LogP contribution >= 0.6 is 7.82 Å². The quantitative estimate of drug-likeness (QED) is 0.170. The molecule has 0 aromatic carbocycles. The lowest BCUT2D eigenvalue weighted by atomic mass is 9.97. The molecule has 0 saturated carbocycles. The molecular formula is C24H51O7P. The summed E-state index contributed by atoms with van der Waals surface area (Å²) in [6, 6.07) is 0. The highest BCUT2D eigenvalue weighted by Gasteiger charge is 2.31. The van der Waals surface area contributed by atoms with Crippen LogP contribution in [-0.2, 0) is 18.1 Å². The van der Waals surface area contributed by atoms with Crippen LogP contribution in [0, 0.1) is 17.8 Å². The molecule has 7 nitrogen and oxygen atoms in total. The fourth-order valence-electron chi connectivity index (χ4n) is 3.47. The van der Waals surface area contributed by atoms with Gasteiger partial charge in [-0.05, 0) is 37.0 Å². The van der Waals surface area contributed by atoms with Gasteiger partial charge in [0.15, 0.2) is 0 Å². The van der Waals surface area contributed by atoms with Crippen molar-refractivity contribution in [1.82, 2.24) is 0 Å². The molecule has 0 saturated heterocycles. The van der Waals surface area contributed by atoms with E-state index in [1.54, 1.807) is 0 Å². The summed E-state index contributed by atoms with van der Waals surface area (Å²) in [5.74, 6) is 0.470. The van der Waals surface area contributed by atoms with Gasteiger partial charge in [-0.25, -0.2) is 4.57 Å². The van der Waals surface area contributed by atoms with E-state index in [1.165, 1.54) is 0 Å². The van der Waals surface area contributed by atoms with Crippen molar-refractivity contribution < 1.29 is 33.5 Å². The molecular weight excluding hydrogens is 431 g/mol. The summed E-state index contributed by atoms with van der Waals surface area (Å²) in [6.07, 6.45) is 6.98. The maximum Gasteiger partial charge on any atom is 0.474 e. The van der Waals surface area contributed by atoms with Crippen LogP contribution in [0.5, 0.6) is 0 Å². The van der Waals surface area contributed by atoms with Crippen LogP contribution in [0.25, 0.3) is 0 Å². The number of phosphoric acid groups is 1. The SMILES string of the molecule is CCCCC(CC)COP(=O)(OCC(CC)CCCC)OCC(CC)CC(O)C(O)CO. The van der Waals surface area contributed by atoms with Crippen LogP contribution in [0.4, 0.5) is 0 Å². The Morgan fingerprint density at radius 1 is 0.688 bits per heavy atom. The fraction of sp³-hybridized carbons (Fsp3) is 1.00. The minimum atomic E-state index is -3.75. The Kier molecular flexibility index (Phi) is 19.3. The minimum Gasteiger partial charge on any atom is -0.394 e. The van der Waals surface area contributed by atoms with Crippen LogP contribution in [0.15, 0.2) is 0 Å². The zero-order chi connectivity index (χ0) is 24.4. The van der Waals surface area contributed by atoms with E-state index >= 15 is 0 Å². The molecule has 0 spiro atoms. The molecule has 0 amide bonds. The van der Waals surface area contributed by atoms with Crippen LogP contribution in [-0.4, -0.2) is 54.0 Å². The first-order valence-corrected chi connectivity index (χ1v) is 14.2. The molecule has 0 aliphatic heterocycles. The average molecular weight is 483 g/mol. The summed E-state index contributed by atoms with van der Waals surface area (Å²) in [5, 5.41) is 28.7. The highest BCUT2D eigenvalue weighted by molar-refractivity contribution is 7.48. The van der Waals surface area contributed by atoms with E-state index < -0.39 is 26.6 Å². The molecule has 0 radical (unpaired) electrons. The molecule has 0 aliphatic carbocycles. The number of aliphatic hydroxyl groups excluding tert-OH is 3. The summed E-state index contributed by atoms with van der Waals surface area (Å²) >= 11 is 0. The summed E-state index contributed by atoms with van der Waals surface area (Å²) in [4.78, 5) is 0. The molecule has 0 bridgehead atoms. The number of phosphoric ester groups is 1. The van der Waals surface area contributed by atoms with Gasteiger partial charge in [0.05, 0.1) is 32.5 Å². The standard InChI is InChI=1S/C24H51O7P/c1-6-11-13-20(8-3)17-29-32(28,30-18-21(9-4)14-12-7-2)31-19-22(10-5)15-23(26)24(27)16-25/h20-27H,6-19H2,1-5H3. The van der Waals surface area contributed by atoms with Gasteiger partial charge in [0.1, 0.15) is 6.10 Å². The Hall–Kier alpha value is -0.0100. The molecule has 8 heteroatoms. The zero-order valence-electron chi connectivity index (χ0n) is 21.2. The lowest BCUT2D eigenvalue weighted by molar-refractivity contribution is -0.0295. The van der Waals surface area contributed by atoms with Crippen molar-refractivity contribution in [3.63, 3.8) is 0 Å². The lowest BCUT2D eigenvalue weighted by Gasteiger charge is -2.26. The van der Waals surface area contributed by atoms with E-state index in [1.807, 2.05) is 6.92 Å². The maximum atomic E-state index is 13.5. The van der Waals surface area contributed by atoms with Gasteiger partial charge in [0.2, 0.25) is 0 Å². The van der Waals surface area contributed by atoms with Gasteiger partial charge in [-0.2, -0.15) is 0 Å². The van der Waals surface area contributed by atoms with Crippen LogP contribution < -0.4 is 0 Å². The van der Waals surface area contributed by atoms with E-state index in [0.29, 0.717) is 31.5 Å². The summed E-state index contributed by atoms with van der Waals surface area (Å²) in [5.41, 5.74) is 0. The van der Waals surface area contributed by atoms with E-state index in [0.717, 1.165) is 51.4 Å². The highest BCUT2D eigenvalue weighted by Crippen LogP contribution is 2.51. The monoisotopic (exact) mass is 482 g/mol. The Labute approximate surface area is 196 Å². The Bertz CT molecular complexity index is 453. The van der Waals surface area contributed by atoms with Gasteiger partial charge in [-0.1, -0.05) is 79.6 Å². The van der Waals surface area contributed by atoms with Crippen molar-refractivity contribution >= 4 is 7.82 Å². The molecule has 0 heterocycles. The van der Waals surface area contributed by atoms with Gasteiger partial charge in [-0.3, -0.25) is 13.6 Å². The van der Waals surface area contributed by atoms with Gasteiger partial charge in [-0.15, -0.1) is 0 Å². The van der Waals surface area contributed by atoms with Crippen molar-refractivity contribution in [3.05, 3.63) is 0 Å². The molecule has 0 fully saturated rings. The second-order valence-corrected chi connectivity index (χ2v) is 10.7. The predicted octanol–water partition coefficient (Wildman–Crippen LogP) is 5.71. The van der Waals surface area contributed by atoms with Gasteiger partial charge in [0, 0.05) is 0 Å². The Morgan fingerprint density at radius 2 is 1.09 bits per heavy atom. The fourth-order valence-corrected chi connectivity index (χ4v) is 4.87. The normalized spacial score (nSPS) is 18.6. The maximum absolute atomic E-state index is 13.5. The summed E-state index contributed by atoms with van der Waals surface area (Å²) in [7, 11) is -3.75. The number of rotatable bonds is 22. The van der Waals surface area contributed by atoms with Crippen LogP contribution in [0.3, 0.4) is 0 Å². The van der Waals surface area contributed by atoms with Crippen molar-refractivity contribution in [2.24, 2.45) is 17.8 Å². The first-order valence-electron chi connectivity index (χ1n) is 12.8. The van der Waals surface area contributed by atoms with Crippen molar-refractivity contribution in [2.75, 3.05) is 26.4 Å². The second-order valence-electron chi connectivity index (χ2n) is 8.99.